The Balaban J connectivity index is 1.94. The minimum absolute atomic E-state index is 0.626. The molecule has 0 radical (unpaired) electrons. The van der Waals surface area contributed by atoms with Gasteiger partial charge in [-0.15, -0.1) is 0 Å². The first-order chi connectivity index (χ1) is 7.84. The van der Waals surface area contributed by atoms with Crippen molar-refractivity contribution >= 4 is 5.52 Å². The summed E-state index contributed by atoms with van der Waals surface area (Å²) < 4.78 is 2.23. The third-order valence-corrected chi connectivity index (χ3v) is 3.55. The number of aromatic nitrogens is 2. The third kappa shape index (κ3) is 1.61. The molecule has 2 aromatic heterocycles. The van der Waals surface area contributed by atoms with Crippen molar-refractivity contribution in [2.45, 2.75) is 18.8 Å². The lowest BCUT2D eigenvalue weighted by molar-refractivity contribution is 0.251. The van der Waals surface area contributed by atoms with Crippen LogP contribution < -0.4 is 0 Å². The highest BCUT2D eigenvalue weighted by Crippen LogP contribution is 2.26. The van der Waals surface area contributed by atoms with E-state index in [1.165, 1.54) is 37.3 Å². The van der Waals surface area contributed by atoms with Crippen molar-refractivity contribution in [3.8, 4) is 0 Å². The van der Waals surface area contributed by atoms with Crippen LogP contribution >= 0.6 is 0 Å². The molecule has 2 aromatic rings. The lowest BCUT2D eigenvalue weighted by Crippen LogP contribution is -2.29. The van der Waals surface area contributed by atoms with E-state index in [1.54, 1.807) is 0 Å². The van der Waals surface area contributed by atoms with Gasteiger partial charge in [0.2, 0.25) is 0 Å². The second-order valence-corrected chi connectivity index (χ2v) is 4.69. The first-order valence-corrected chi connectivity index (χ1v) is 5.95. The highest BCUT2D eigenvalue weighted by atomic mass is 15.1. The van der Waals surface area contributed by atoms with Gasteiger partial charge in [-0.25, -0.2) is 4.98 Å². The van der Waals surface area contributed by atoms with E-state index in [4.69, 9.17) is 0 Å². The summed E-state index contributed by atoms with van der Waals surface area (Å²) in [6.07, 6.45) is 6.55. The van der Waals surface area contributed by atoms with Crippen LogP contribution in [0.15, 0.2) is 30.6 Å². The minimum atomic E-state index is 0.626. The summed E-state index contributed by atoms with van der Waals surface area (Å²) in [5, 5.41) is 0. The van der Waals surface area contributed by atoms with E-state index in [9.17, 15) is 0 Å². The van der Waals surface area contributed by atoms with Crippen LogP contribution in [0.5, 0.6) is 0 Å². The molecule has 0 bridgehead atoms. The fourth-order valence-electron chi connectivity index (χ4n) is 2.53. The molecule has 3 heterocycles. The molecule has 1 fully saturated rings. The van der Waals surface area contributed by atoms with Crippen LogP contribution in [0.4, 0.5) is 0 Å². The van der Waals surface area contributed by atoms with Gasteiger partial charge in [0.05, 0.1) is 11.7 Å². The van der Waals surface area contributed by atoms with E-state index in [0.29, 0.717) is 5.92 Å². The van der Waals surface area contributed by atoms with Crippen molar-refractivity contribution in [2.75, 3.05) is 20.1 Å². The van der Waals surface area contributed by atoms with Gasteiger partial charge in [-0.2, -0.15) is 0 Å². The third-order valence-electron chi connectivity index (χ3n) is 3.55. The molecule has 84 valence electrons. The molecular formula is C13H17N3. The van der Waals surface area contributed by atoms with Crippen molar-refractivity contribution in [1.29, 1.82) is 0 Å². The zero-order valence-electron chi connectivity index (χ0n) is 9.63. The van der Waals surface area contributed by atoms with Crippen molar-refractivity contribution < 1.29 is 0 Å². The SMILES string of the molecule is CN1CCC(c2ncc3ccccn23)CC1. The zero-order valence-corrected chi connectivity index (χ0v) is 9.63. The standard InChI is InChI=1S/C13H17N3/c1-15-8-5-11(6-9-15)13-14-10-12-4-2-3-7-16(12)13/h2-4,7,10-11H,5-6,8-9H2,1H3. The molecule has 16 heavy (non-hydrogen) atoms. The zero-order chi connectivity index (χ0) is 11.0. The number of likely N-dealkylation sites (tertiary alicyclic amines) is 1. The molecule has 0 aliphatic carbocycles. The Bertz CT molecular complexity index is 481. The average molecular weight is 215 g/mol. The Morgan fingerprint density at radius 2 is 2.06 bits per heavy atom. The number of pyridine rings is 1. The predicted molar refractivity (Wildman–Crippen MR) is 64.7 cm³/mol. The van der Waals surface area contributed by atoms with Crippen molar-refractivity contribution in [2.24, 2.45) is 0 Å². The Kier molecular flexibility index (Phi) is 2.40. The Hall–Kier alpha value is -1.35. The minimum Gasteiger partial charge on any atom is -0.306 e. The highest BCUT2D eigenvalue weighted by molar-refractivity contribution is 5.45. The van der Waals surface area contributed by atoms with Crippen LogP contribution in [0.2, 0.25) is 0 Å². The molecule has 0 saturated carbocycles. The summed E-state index contributed by atoms with van der Waals surface area (Å²) in [7, 11) is 2.19. The topological polar surface area (TPSA) is 20.5 Å². The lowest BCUT2D eigenvalue weighted by Gasteiger charge is -2.28. The quantitative estimate of drug-likeness (QED) is 0.726. The van der Waals surface area contributed by atoms with Crippen LogP contribution in [-0.4, -0.2) is 34.4 Å². The summed E-state index contributed by atoms with van der Waals surface area (Å²) in [6, 6.07) is 6.26. The molecule has 0 unspecified atom stereocenters. The van der Waals surface area contributed by atoms with Crippen LogP contribution in [0.3, 0.4) is 0 Å². The van der Waals surface area contributed by atoms with Gasteiger partial charge in [0.15, 0.2) is 0 Å². The van der Waals surface area contributed by atoms with Crippen molar-refractivity contribution in [1.82, 2.24) is 14.3 Å². The molecule has 3 nitrogen and oxygen atoms in total. The van der Waals surface area contributed by atoms with Crippen molar-refractivity contribution in [3.05, 3.63) is 36.4 Å². The highest BCUT2D eigenvalue weighted by Gasteiger charge is 2.21. The number of piperidine rings is 1. The summed E-state index contributed by atoms with van der Waals surface area (Å²) in [6.45, 7) is 2.37. The normalized spacial score (nSPS) is 19.3. The monoisotopic (exact) mass is 215 g/mol. The molecule has 1 aliphatic heterocycles. The smallest absolute Gasteiger partial charge is 0.116 e. The van der Waals surface area contributed by atoms with Gasteiger partial charge in [0.1, 0.15) is 5.82 Å². The first kappa shape index (κ1) is 9.85. The number of nitrogens with zero attached hydrogens (tertiary/aromatic N) is 3. The van der Waals surface area contributed by atoms with Gasteiger partial charge in [-0.1, -0.05) is 6.07 Å². The van der Waals surface area contributed by atoms with Crippen LogP contribution in [0.1, 0.15) is 24.6 Å². The Morgan fingerprint density at radius 3 is 2.88 bits per heavy atom. The van der Waals surface area contributed by atoms with Crippen LogP contribution in [-0.2, 0) is 0 Å². The van der Waals surface area contributed by atoms with E-state index in [0.717, 1.165) is 0 Å². The molecule has 0 N–H and O–H groups in total. The number of imidazole rings is 1. The number of rotatable bonds is 1. The maximum atomic E-state index is 4.59. The average Bonchev–Trinajstić information content (AvgIpc) is 2.74. The molecule has 1 aliphatic rings. The Labute approximate surface area is 95.7 Å². The predicted octanol–water partition coefficient (Wildman–Crippen LogP) is 2.14. The molecule has 3 rings (SSSR count). The summed E-state index contributed by atoms with van der Waals surface area (Å²) in [5.74, 6) is 1.87. The largest absolute Gasteiger partial charge is 0.306 e. The molecule has 3 heteroatoms. The second kappa shape index (κ2) is 3.91. The van der Waals surface area contributed by atoms with E-state index in [2.05, 4.69) is 45.7 Å². The maximum absolute atomic E-state index is 4.59. The molecule has 1 saturated heterocycles. The van der Waals surface area contributed by atoms with Crippen molar-refractivity contribution in [3.63, 3.8) is 0 Å². The fraction of sp³-hybridized carbons (Fsp3) is 0.462. The van der Waals surface area contributed by atoms with Gasteiger partial charge >= 0.3 is 0 Å². The van der Waals surface area contributed by atoms with E-state index < -0.39 is 0 Å². The molecule has 0 atom stereocenters. The van der Waals surface area contributed by atoms with Gasteiger partial charge < -0.3 is 9.30 Å². The van der Waals surface area contributed by atoms with Gasteiger partial charge in [0, 0.05) is 12.1 Å². The molecule has 0 amide bonds. The lowest BCUT2D eigenvalue weighted by atomic mass is 9.96. The summed E-state index contributed by atoms with van der Waals surface area (Å²) in [5.41, 5.74) is 1.21. The van der Waals surface area contributed by atoms with E-state index >= 15 is 0 Å². The number of hydrogen-bond donors (Lipinski definition) is 0. The Morgan fingerprint density at radius 1 is 1.25 bits per heavy atom. The first-order valence-electron chi connectivity index (χ1n) is 5.95. The van der Waals surface area contributed by atoms with Gasteiger partial charge in [-0.3, -0.25) is 0 Å². The molecule has 0 aromatic carbocycles. The van der Waals surface area contributed by atoms with E-state index in [-0.39, 0.29) is 0 Å². The van der Waals surface area contributed by atoms with Gasteiger partial charge in [-0.05, 0) is 45.1 Å². The molecule has 0 spiro atoms. The fourth-order valence-corrected chi connectivity index (χ4v) is 2.53. The van der Waals surface area contributed by atoms with Gasteiger partial charge in [0.25, 0.3) is 0 Å². The second-order valence-electron chi connectivity index (χ2n) is 4.69. The number of hydrogen-bond acceptors (Lipinski definition) is 2. The maximum Gasteiger partial charge on any atom is 0.116 e. The van der Waals surface area contributed by atoms with Crippen LogP contribution in [0.25, 0.3) is 5.52 Å². The van der Waals surface area contributed by atoms with E-state index in [1.807, 2.05) is 6.20 Å². The van der Waals surface area contributed by atoms with Crippen LogP contribution in [0, 0.1) is 0 Å². The summed E-state index contributed by atoms with van der Waals surface area (Å²) in [4.78, 5) is 6.98. The summed E-state index contributed by atoms with van der Waals surface area (Å²) >= 11 is 0. The number of fused-ring (bicyclic) bond motifs is 1. The molecular weight excluding hydrogens is 198 g/mol.